The first-order valence-corrected chi connectivity index (χ1v) is 12.7. The van der Waals surface area contributed by atoms with E-state index in [0.717, 1.165) is 43.2 Å². The van der Waals surface area contributed by atoms with Gasteiger partial charge in [0, 0.05) is 41.8 Å². The van der Waals surface area contributed by atoms with Crippen LogP contribution in [0, 0.1) is 0 Å². The highest BCUT2D eigenvalue weighted by Gasteiger charge is 2.38. The number of carboxylic acid groups (broad SMARTS) is 2. The Morgan fingerprint density at radius 2 is 1.66 bits per heavy atom. The van der Waals surface area contributed by atoms with E-state index in [1.165, 1.54) is 16.9 Å². The number of alkyl halides is 6. The summed E-state index contributed by atoms with van der Waals surface area (Å²) >= 11 is 1.75. The van der Waals surface area contributed by atoms with Crippen molar-refractivity contribution in [1.29, 1.82) is 0 Å². The molecule has 4 aromatic heterocycles. The predicted octanol–water partition coefficient (Wildman–Crippen LogP) is 5.50. The summed E-state index contributed by atoms with van der Waals surface area (Å²) in [7, 11) is 0. The normalized spacial score (nSPS) is 15.8. The Morgan fingerprint density at radius 3 is 2.22 bits per heavy atom. The number of hydrogen-bond acceptors (Lipinski definition) is 7. The van der Waals surface area contributed by atoms with E-state index in [1.54, 1.807) is 11.3 Å². The van der Waals surface area contributed by atoms with Crippen LogP contribution >= 0.6 is 11.3 Å². The predicted molar refractivity (Wildman–Crippen MR) is 135 cm³/mol. The first kappa shape index (κ1) is 31.5. The van der Waals surface area contributed by atoms with Crippen LogP contribution in [0.15, 0.2) is 60.2 Å². The Kier molecular flexibility index (Phi) is 10.4. The van der Waals surface area contributed by atoms with Gasteiger partial charge in [-0.1, -0.05) is 12.1 Å². The van der Waals surface area contributed by atoms with Crippen molar-refractivity contribution >= 4 is 28.9 Å². The highest BCUT2D eigenvalue weighted by molar-refractivity contribution is 7.13. The Morgan fingerprint density at radius 1 is 0.976 bits per heavy atom. The minimum atomic E-state index is -5.08. The van der Waals surface area contributed by atoms with Gasteiger partial charge in [-0.2, -0.15) is 31.4 Å². The molecule has 1 unspecified atom stereocenters. The maximum absolute atomic E-state index is 10.6. The fraction of sp³-hybridized carbons (Fsp3) is 0.320. The average molecular weight is 604 g/mol. The van der Waals surface area contributed by atoms with Crippen molar-refractivity contribution in [2.75, 3.05) is 13.1 Å². The van der Waals surface area contributed by atoms with E-state index < -0.39 is 24.3 Å². The van der Waals surface area contributed by atoms with E-state index in [4.69, 9.17) is 29.9 Å². The van der Waals surface area contributed by atoms with Crippen molar-refractivity contribution in [2.45, 2.75) is 37.7 Å². The summed E-state index contributed by atoms with van der Waals surface area (Å²) in [5.74, 6) is -4.17. The van der Waals surface area contributed by atoms with Crippen molar-refractivity contribution in [1.82, 2.24) is 24.5 Å². The summed E-state index contributed by atoms with van der Waals surface area (Å²) in [6.07, 6.45) is -3.89. The number of carboxylic acids is 2. The number of hydrogen-bond donors (Lipinski definition) is 2. The highest BCUT2D eigenvalue weighted by atomic mass is 32.1. The maximum Gasteiger partial charge on any atom is 0.490 e. The SMILES string of the molecule is O=C(O)C(F)(F)F.O=C(O)C(F)(F)F.c1ccc(CN2CCCC(c3nc4ccc(-c5cccs5)cn4n3)C2)nc1. The molecule has 5 heterocycles. The Bertz CT molecular complexity index is 1400. The van der Waals surface area contributed by atoms with Crippen LogP contribution in [0.5, 0.6) is 0 Å². The molecule has 0 spiro atoms. The number of aliphatic carboxylic acids is 2. The number of likely N-dealkylation sites (tertiary alicyclic amines) is 1. The Labute approximate surface area is 232 Å². The Balaban J connectivity index is 0.000000276. The lowest BCUT2D eigenvalue weighted by Gasteiger charge is -2.31. The number of piperidine rings is 1. The lowest BCUT2D eigenvalue weighted by atomic mass is 9.97. The fourth-order valence-electron chi connectivity index (χ4n) is 3.79. The van der Waals surface area contributed by atoms with Gasteiger partial charge >= 0.3 is 24.3 Å². The van der Waals surface area contributed by atoms with Crippen LogP contribution in [-0.4, -0.2) is 72.1 Å². The van der Waals surface area contributed by atoms with Crippen LogP contribution in [0.1, 0.15) is 30.3 Å². The molecule has 9 nitrogen and oxygen atoms in total. The zero-order valence-electron chi connectivity index (χ0n) is 21.0. The molecule has 0 radical (unpaired) electrons. The molecule has 1 aliphatic rings. The van der Waals surface area contributed by atoms with E-state index in [1.807, 2.05) is 16.8 Å². The van der Waals surface area contributed by atoms with Crippen molar-refractivity contribution < 1.29 is 46.1 Å². The minimum absolute atomic E-state index is 0.382. The zero-order valence-corrected chi connectivity index (χ0v) is 21.8. The average Bonchev–Trinajstić information content (AvgIpc) is 3.59. The maximum atomic E-state index is 10.6. The molecule has 0 amide bonds. The first-order valence-electron chi connectivity index (χ1n) is 11.9. The molecule has 1 aliphatic heterocycles. The van der Waals surface area contributed by atoms with Gasteiger partial charge in [-0.3, -0.25) is 9.88 Å². The number of nitrogens with zero attached hydrogens (tertiary/aromatic N) is 5. The van der Waals surface area contributed by atoms with Gasteiger partial charge < -0.3 is 10.2 Å². The van der Waals surface area contributed by atoms with Gasteiger partial charge in [-0.25, -0.2) is 19.1 Å². The van der Waals surface area contributed by atoms with E-state index >= 15 is 0 Å². The lowest BCUT2D eigenvalue weighted by molar-refractivity contribution is -0.193. The molecule has 16 heteroatoms. The van der Waals surface area contributed by atoms with Gasteiger partial charge in [0.05, 0.1) is 5.69 Å². The smallest absolute Gasteiger partial charge is 0.475 e. The van der Waals surface area contributed by atoms with E-state index in [0.29, 0.717) is 5.92 Å². The summed E-state index contributed by atoms with van der Waals surface area (Å²) in [6.45, 7) is 3.00. The molecule has 1 fully saturated rings. The summed E-state index contributed by atoms with van der Waals surface area (Å²) in [5, 5.41) is 21.2. The standard InChI is InChI=1S/C21H21N5S.2C2HF3O2/c1-2-10-22-18(6-1)15-25-11-3-5-17(13-25)21-23-20-9-8-16(14-26(20)24-21)19-7-4-12-27-19;2*3-2(4,5)1(6)7/h1-2,4,6-10,12,14,17H,3,5,11,13,15H2;2*(H,6,7). The van der Waals surface area contributed by atoms with Crippen LogP contribution in [0.25, 0.3) is 16.1 Å². The molecular formula is C25H23F6N5O4S. The summed E-state index contributed by atoms with van der Waals surface area (Å²) in [5.41, 5.74) is 3.24. The Hall–Kier alpha value is -4.05. The third kappa shape index (κ3) is 9.53. The van der Waals surface area contributed by atoms with Gasteiger partial charge in [-0.05, 0) is 55.1 Å². The topological polar surface area (TPSA) is 121 Å². The van der Waals surface area contributed by atoms with E-state index in [9.17, 15) is 26.3 Å². The first-order chi connectivity index (χ1) is 19.2. The molecule has 0 saturated carbocycles. The second-order valence-electron chi connectivity index (χ2n) is 8.67. The molecule has 1 saturated heterocycles. The molecule has 41 heavy (non-hydrogen) atoms. The number of pyridine rings is 2. The molecule has 2 N–H and O–H groups in total. The third-order valence-corrected chi connectivity index (χ3v) is 6.54. The lowest BCUT2D eigenvalue weighted by Crippen LogP contribution is -2.34. The third-order valence-electron chi connectivity index (χ3n) is 5.62. The minimum Gasteiger partial charge on any atom is -0.475 e. The molecule has 0 bridgehead atoms. The van der Waals surface area contributed by atoms with Crippen molar-refractivity contribution in [3.05, 3.63) is 71.8 Å². The van der Waals surface area contributed by atoms with Crippen molar-refractivity contribution in [2.24, 2.45) is 0 Å². The van der Waals surface area contributed by atoms with E-state index in [2.05, 4.69) is 57.9 Å². The van der Waals surface area contributed by atoms with Crippen LogP contribution in [0.2, 0.25) is 0 Å². The number of thiophene rings is 1. The van der Waals surface area contributed by atoms with Crippen LogP contribution in [0.3, 0.4) is 0 Å². The number of aromatic nitrogens is 4. The highest BCUT2D eigenvalue weighted by Crippen LogP contribution is 2.28. The van der Waals surface area contributed by atoms with Crippen molar-refractivity contribution in [3.63, 3.8) is 0 Å². The summed E-state index contributed by atoms with van der Waals surface area (Å²) < 4.78 is 65.4. The summed E-state index contributed by atoms with van der Waals surface area (Å²) in [6, 6.07) is 14.5. The summed E-state index contributed by atoms with van der Waals surface area (Å²) in [4.78, 5) is 30.8. The molecule has 1 atom stereocenters. The number of rotatable bonds is 4. The number of fused-ring (bicyclic) bond motifs is 1. The molecule has 0 aromatic carbocycles. The van der Waals surface area contributed by atoms with Gasteiger partial charge in [0.15, 0.2) is 11.5 Å². The molecule has 4 aromatic rings. The quantitative estimate of drug-likeness (QED) is 0.294. The molecule has 5 rings (SSSR count). The van der Waals surface area contributed by atoms with Crippen LogP contribution in [-0.2, 0) is 16.1 Å². The molecular weight excluding hydrogens is 580 g/mol. The van der Waals surface area contributed by atoms with Crippen molar-refractivity contribution in [3.8, 4) is 10.4 Å². The second kappa shape index (κ2) is 13.5. The van der Waals surface area contributed by atoms with Gasteiger partial charge in [0.25, 0.3) is 0 Å². The van der Waals surface area contributed by atoms with Crippen LogP contribution in [0.4, 0.5) is 26.3 Å². The second-order valence-corrected chi connectivity index (χ2v) is 9.62. The van der Waals surface area contributed by atoms with Crippen LogP contribution < -0.4 is 0 Å². The largest absolute Gasteiger partial charge is 0.490 e. The van der Waals surface area contributed by atoms with Gasteiger partial charge in [-0.15, -0.1) is 11.3 Å². The van der Waals surface area contributed by atoms with E-state index in [-0.39, 0.29) is 0 Å². The number of halogens is 6. The van der Waals surface area contributed by atoms with Gasteiger partial charge in [0.2, 0.25) is 0 Å². The number of carbonyl (C=O) groups is 2. The zero-order chi connectivity index (χ0) is 30.2. The van der Waals surface area contributed by atoms with Gasteiger partial charge in [0.1, 0.15) is 0 Å². The molecule has 0 aliphatic carbocycles. The monoisotopic (exact) mass is 603 g/mol. The fourth-order valence-corrected chi connectivity index (χ4v) is 4.51. The molecule has 220 valence electrons.